The highest BCUT2D eigenvalue weighted by Crippen LogP contribution is 2.50. The third-order valence-corrected chi connectivity index (χ3v) is 8.90. The maximum Gasteiger partial charge on any atom is 0.647 e. The molecule has 0 saturated heterocycles. The summed E-state index contributed by atoms with van der Waals surface area (Å²) >= 11 is 0. The van der Waals surface area contributed by atoms with E-state index < -0.39 is 7.82 Å². The number of benzene rings is 6. The molecule has 8 nitrogen and oxygen atoms in total. The summed E-state index contributed by atoms with van der Waals surface area (Å²) in [5.74, 6) is 1.79. The van der Waals surface area contributed by atoms with E-state index in [2.05, 4.69) is 54.8 Å². The Morgan fingerprint density at radius 1 is 0.449 bits per heavy atom. The first-order valence-electron chi connectivity index (χ1n) is 15.1. The average molecular weight is 693 g/mol. The molecule has 248 valence electrons. The summed E-state index contributed by atoms with van der Waals surface area (Å²) in [4.78, 5) is 14.0. The minimum Gasteiger partial charge on any atom is -0.408 e. The molecule has 0 radical (unpaired) electrons. The molecule has 0 spiro atoms. The Hall–Kier alpha value is -5.55. The number of phosphoric ester groups is 1. The molecule has 10 heteroatoms. The van der Waals surface area contributed by atoms with Gasteiger partial charge in [0.05, 0.1) is 0 Å². The molecule has 0 fully saturated rings. The highest BCUT2D eigenvalue weighted by atomic mass is 31.2. The van der Waals surface area contributed by atoms with Crippen LogP contribution in [-0.4, -0.2) is 0 Å². The van der Waals surface area contributed by atoms with Crippen molar-refractivity contribution in [3.05, 3.63) is 191 Å². The van der Waals surface area contributed by atoms with Gasteiger partial charge >= 0.3 is 16.5 Å². The fourth-order valence-electron chi connectivity index (χ4n) is 4.74. The van der Waals surface area contributed by atoms with Crippen LogP contribution in [0.4, 0.5) is 0 Å². The summed E-state index contributed by atoms with van der Waals surface area (Å²) in [6.07, 6.45) is 0. The van der Waals surface area contributed by atoms with Crippen LogP contribution in [0.5, 0.6) is 23.0 Å². The molecule has 0 atom stereocenters. The lowest BCUT2D eigenvalue weighted by atomic mass is 9.78. The van der Waals surface area contributed by atoms with Crippen molar-refractivity contribution in [2.45, 2.75) is 19.3 Å². The first-order valence-corrected chi connectivity index (χ1v) is 17.3. The topological polar surface area (TPSA) is 105 Å². The molecule has 49 heavy (non-hydrogen) atoms. The molecule has 0 aliphatic carbocycles. The third kappa shape index (κ3) is 10.7. The van der Waals surface area contributed by atoms with Crippen LogP contribution in [0.15, 0.2) is 170 Å². The van der Waals surface area contributed by atoms with Crippen molar-refractivity contribution < 1.29 is 27.2 Å². The van der Waals surface area contributed by atoms with Crippen LogP contribution < -0.4 is 18.1 Å². The molecule has 0 saturated carbocycles. The number of para-hydroxylation sites is 3. The lowest BCUT2D eigenvalue weighted by molar-refractivity contribution is 0.298. The molecular weight excluding hydrogens is 658 g/mol. The van der Waals surface area contributed by atoms with E-state index in [0.29, 0.717) is 23.0 Å². The third-order valence-electron chi connectivity index (χ3n) is 7.31. The number of rotatable bonds is 11. The summed E-state index contributed by atoms with van der Waals surface area (Å²) in [5.41, 5.74) is 4.41. The lowest BCUT2D eigenvalue weighted by Gasteiger charge is -2.27. The largest absolute Gasteiger partial charge is 0.647 e. The Kier molecular flexibility index (Phi) is 13.4. The first kappa shape index (κ1) is 36.3. The minimum atomic E-state index is -4.03. The molecule has 6 rings (SSSR count). The van der Waals surface area contributed by atoms with Crippen molar-refractivity contribution in [3.63, 3.8) is 0 Å². The fraction of sp³-hybridized carbons (Fsp3) is 0.0769. The molecule has 6 aromatic rings. The molecule has 0 unspecified atom stereocenters. The molecular formula is C39H34O8P2. The van der Waals surface area contributed by atoms with Gasteiger partial charge in [-0.25, -0.2) is 4.57 Å². The zero-order chi connectivity index (χ0) is 35.0. The van der Waals surface area contributed by atoms with Crippen molar-refractivity contribution in [2.24, 2.45) is 0 Å². The van der Waals surface area contributed by atoms with E-state index in [4.69, 9.17) is 23.5 Å². The van der Waals surface area contributed by atoms with Gasteiger partial charge in [0.1, 0.15) is 23.0 Å². The molecule has 0 amide bonds. The minimum absolute atomic E-state index is 0.251. The van der Waals surface area contributed by atoms with Crippen LogP contribution >= 0.6 is 16.5 Å². The fourth-order valence-corrected chi connectivity index (χ4v) is 6.20. The van der Waals surface area contributed by atoms with Crippen molar-refractivity contribution in [1.82, 2.24) is 0 Å². The zero-order valence-corrected chi connectivity index (χ0v) is 28.6. The van der Waals surface area contributed by atoms with Crippen LogP contribution in [-0.2, 0) is 14.5 Å². The van der Waals surface area contributed by atoms with Gasteiger partial charge in [0.15, 0.2) is 0 Å². The molecule has 0 N–H and O–H groups in total. The Morgan fingerprint density at radius 2 is 0.776 bits per heavy atom. The van der Waals surface area contributed by atoms with Gasteiger partial charge in [0.2, 0.25) is 0 Å². The highest BCUT2D eigenvalue weighted by molar-refractivity contribution is 7.49. The molecule has 0 aliphatic heterocycles. The summed E-state index contributed by atoms with van der Waals surface area (Å²) in [6, 6.07) is 53.3. The van der Waals surface area contributed by atoms with Gasteiger partial charge in [0, 0.05) is 15.3 Å². The second-order valence-electron chi connectivity index (χ2n) is 10.9. The normalized spacial score (nSPS) is 10.7. The van der Waals surface area contributed by atoms with Gasteiger partial charge in [-0.05, 0) is 70.8 Å². The van der Waals surface area contributed by atoms with Crippen LogP contribution in [0.25, 0.3) is 11.1 Å². The molecule has 0 bridgehead atoms. The maximum atomic E-state index is 13.7. The SMILES string of the molecule is CC(C)(c1ccc(OP(=O)(Oc2ccccc2)Oc2ccccc2)cc1)c1ccc(-c2ccccc2)cc1.O=O.O=POc1ccccc1. The van der Waals surface area contributed by atoms with Crippen LogP contribution in [0, 0.1) is 9.93 Å². The number of phosphoric acid groups is 1. The zero-order valence-electron chi connectivity index (χ0n) is 26.8. The monoisotopic (exact) mass is 692 g/mol. The van der Waals surface area contributed by atoms with Gasteiger partial charge in [-0.1, -0.05) is 135 Å². The van der Waals surface area contributed by atoms with Crippen LogP contribution in [0.3, 0.4) is 0 Å². The van der Waals surface area contributed by atoms with E-state index in [-0.39, 0.29) is 14.1 Å². The number of hydrogen-bond acceptors (Lipinski definition) is 8. The maximum absolute atomic E-state index is 13.7. The van der Waals surface area contributed by atoms with E-state index in [1.165, 1.54) is 16.7 Å². The second kappa shape index (κ2) is 18.1. The van der Waals surface area contributed by atoms with Gasteiger partial charge < -0.3 is 18.1 Å². The standard InChI is InChI=1S/C33H29O4P.C6H5O2P.O2/c1-33(2,28-20-18-27(19-21-28)26-12-6-3-7-13-26)29-22-24-32(25-23-29)37-38(34,35-30-14-8-4-9-15-30)36-31-16-10-5-11-17-31;7-9-8-6-4-2-1-3-5-6;1-2/h3-25H,1-2H3;1-5H;. The average Bonchev–Trinajstić information content (AvgIpc) is 3.15. The second-order valence-corrected chi connectivity index (χ2v) is 12.7. The Balaban J connectivity index is 0.000000423. The molecule has 0 aliphatic rings. The summed E-state index contributed by atoms with van der Waals surface area (Å²) < 4.78 is 45.5. The summed E-state index contributed by atoms with van der Waals surface area (Å²) in [5, 5.41) is 0. The molecule has 6 aromatic carbocycles. The Bertz CT molecular complexity index is 1840. The predicted octanol–water partition coefficient (Wildman–Crippen LogP) is 11.7. The van der Waals surface area contributed by atoms with E-state index in [9.17, 15) is 9.13 Å². The predicted molar refractivity (Wildman–Crippen MR) is 194 cm³/mol. The van der Waals surface area contributed by atoms with E-state index in [1.807, 2.05) is 60.7 Å². The van der Waals surface area contributed by atoms with Crippen LogP contribution in [0.2, 0.25) is 0 Å². The lowest BCUT2D eigenvalue weighted by Crippen LogP contribution is -2.18. The highest BCUT2D eigenvalue weighted by Gasteiger charge is 2.33. The smallest absolute Gasteiger partial charge is 0.408 e. The van der Waals surface area contributed by atoms with E-state index >= 15 is 0 Å². The van der Waals surface area contributed by atoms with Crippen molar-refractivity contribution >= 4 is 16.5 Å². The molecule has 0 heterocycles. The van der Waals surface area contributed by atoms with Crippen molar-refractivity contribution in [2.75, 3.05) is 0 Å². The summed E-state index contributed by atoms with van der Waals surface area (Å²) in [6.45, 7) is 4.37. The van der Waals surface area contributed by atoms with Crippen molar-refractivity contribution in [1.29, 1.82) is 0 Å². The van der Waals surface area contributed by atoms with Gasteiger partial charge in [0.25, 0.3) is 0 Å². The van der Waals surface area contributed by atoms with E-state index in [0.717, 1.165) is 5.56 Å². The quantitative estimate of drug-likeness (QED) is 0.124. The van der Waals surface area contributed by atoms with E-state index in [1.54, 1.807) is 72.8 Å². The van der Waals surface area contributed by atoms with Gasteiger partial charge in [-0.15, -0.1) is 0 Å². The first-order chi connectivity index (χ1) is 23.8. The van der Waals surface area contributed by atoms with Crippen molar-refractivity contribution in [3.8, 4) is 34.1 Å². The Labute approximate surface area is 287 Å². The summed E-state index contributed by atoms with van der Waals surface area (Å²) in [7, 11) is -4.34. The van der Waals surface area contributed by atoms with Crippen LogP contribution in [0.1, 0.15) is 25.0 Å². The van der Waals surface area contributed by atoms with Gasteiger partial charge in [-0.3, -0.25) is 0 Å². The molecule has 0 aromatic heterocycles. The van der Waals surface area contributed by atoms with Gasteiger partial charge in [-0.2, -0.15) is 4.57 Å². The number of hydrogen-bond donors (Lipinski definition) is 0. The Morgan fingerprint density at radius 3 is 1.18 bits per heavy atom.